The zero-order chi connectivity index (χ0) is 18.0. The smallest absolute Gasteiger partial charge is 0.337 e. The molecule has 128 valence electrons. The SMILES string of the molecule is O=C(O)c1cc(C=Cc2ccc(Cl)c(Cl)c2)ccc1NC(=O)C1CC1. The van der Waals surface area contributed by atoms with Crippen LogP contribution < -0.4 is 5.32 Å². The van der Waals surface area contributed by atoms with Crippen molar-refractivity contribution in [2.45, 2.75) is 12.8 Å². The first-order valence-electron chi connectivity index (χ1n) is 7.75. The molecule has 0 aliphatic heterocycles. The number of carbonyl (C=O) groups is 2. The molecule has 25 heavy (non-hydrogen) atoms. The van der Waals surface area contributed by atoms with Crippen LogP contribution in [0.2, 0.25) is 10.0 Å². The van der Waals surface area contributed by atoms with Gasteiger partial charge in [0.05, 0.1) is 21.3 Å². The number of hydrogen-bond donors (Lipinski definition) is 2. The van der Waals surface area contributed by atoms with Crippen LogP contribution in [0.5, 0.6) is 0 Å². The molecule has 2 N–H and O–H groups in total. The number of carbonyl (C=O) groups excluding carboxylic acids is 1. The fourth-order valence-corrected chi connectivity index (χ4v) is 2.65. The molecule has 0 atom stereocenters. The number of halogens is 2. The molecule has 4 nitrogen and oxygen atoms in total. The molecular weight excluding hydrogens is 361 g/mol. The van der Waals surface area contributed by atoms with Gasteiger partial charge in [0.2, 0.25) is 5.91 Å². The van der Waals surface area contributed by atoms with Gasteiger partial charge in [-0.05, 0) is 48.2 Å². The molecule has 1 amide bonds. The van der Waals surface area contributed by atoms with Crippen LogP contribution in [0.15, 0.2) is 36.4 Å². The van der Waals surface area contributed by atoms with Crippen LogP contribution in [-0.2, 0) is 4.79 Å². The molecule has 0 unspecified atom stereocenters. The van der Waals surface area contributed by atoms with E-state index in [-0.39, 0.29) is 17.4 Å². The van der Waals surface area contributed by atoms with E-state index in [9.17, 15) is 14.7 Å². The molecule has 1 aliphatic carbocycles. The van der Waals surface area contributed by atoms with Gasteiger partial charge in [0, 0.05) is 5.92 Å². The minimum atomic E-state index is -1.09. The third kappa shape index (κ3) is 4.41. The molecule has 6 heteroatoms. The molecule has 0 radical (unpaired) electrons. The molecule has 0 heterocycles. The lowest BCUT2D eigenvalue weighted by Crippen LogP contribution is -2.16. The van der Waals surface area contributed by atoms with Gasteiger partial charge in [-0.2, -0.15) is 0 Å². The number of nitrogens with one attached hydrogen (secondary N) is 1. The van der Waals surface area contributed by atoms with E-state index in [0.717, 1.165) is 18.4 Å². The lowest BCUT2D eigenvalue weighted by molar-refractivity contribution is -0.117. The zero-order valence-corrected chi connectivity index (χ0v) is 14.6. The van der Waals surface area contributed by atoms with Crippen molar-refractivity contribution in [1.82, 2.24) is 0 Å². The maximum absolute atomic E-state index is 11.9. The Bertz CT molecular complexity index is 873. The van der Waals surface area contributed by atoms with Crippen molar-refractivity contribution in [3.63, 3.8) is 0 Å². The fraction of sp³-hybridized carbons (Fsp3) is 0.158. The van der Waals surface area contributed by atoms with Gasteiger partial charge in [-0.15, -0.1) is 0 Å². The number of carboxylic acid groups (broad SMARTS) is 1. The summed E-state index contributed by atoms with van der Waals surface area (Å²) in [5.41, 5.74) is 1.92. The summed E-state index contributed by atoms with van der Waals surface area (Å²) in [6.07, 6.45) is 5.31. The fourth-order valence-electron chi connectivity index (χ4n) is 2.34. The molecule has 0 aromatic heterocycles. The second kappa shape index (κ2) is 7.30. The van der Waals surface area contributed by atoms with E-state index in [1.807, 2.05) is 12.1 Å². The van der Waals surface area contributed by atoms with Gasteiger partial charge < -0.3 is 10.4 Å². The maximum Gasteiger partial charge on any atom is 0.337 e. The van der Waals surface area contributed by atoms with Crippen LogP contribution in [0, 0.1) is 5.92 Å². The van der Waals surface area contributed by atoms with Crippen LogP contribution in [0.3, 0.4) is 0 Å². The van der Waals surface area contributed by atoms with Crippen molar-refractivity contribution in [2.24, 2.45) is 5.92 Å². The van der Waals surface area contributed by atoms with E-state index in [0.29, 0.717) is 21.3 Å². The highest BCUT2D eigenvalue weighted by Crippen LogP contribution is 2.31. The van der Waals surface area contributed by atoms with Crippen LogP contribution in [-0.4, -0.2) is 17.0 Å². The van der Waals surface area contributed by atoms with Gasteiger partial charge in [0.25, 0.3) is 0 Å². The Hall–Kier alpha value is -2.30. The van der Waals surface area contributed by atoms with Gasteiger partial charge in [-0.1, -0.05) is 47.5 Å². The van der Waals surface area contributed by atoms with E-state index in [1.54, 1.807) is 30.3 Å². The van der Waals surface area contributed by atoms with E-state index in [2.05, 4.69) is 5.32 Å². The Labute approximate surface area is 155 Å². The second-order valence-electron chi connectivity index (χ2n) is 5.88. The second-order valence-corrected chi connectivity index (χ2v) is 6.69. The maximum atomic E-state index is 11.9. The Morgan fingerprint density at radius 1 is 1.00 bits per heavy atom. The molecule has 0 spiro atoms. The molecule has 2 aromatic carbocycles. The number of anilines is 1. The normalized spacial score (nSPS) is 13.8. The Morgan fingerprint density at radius 3 is 2.24 bits per heavy atom. The van der Waals surface area contributed by atoms with Crippen molar-refractivity contribution in [3.05, 3.63) is 63.1 Å². The minimum Gasteiger partial charge on any atom is -0.478 e. The van der Waals surface area contributed by atoms with E-state index in [4.69, 9.17) is 23.2 Å². The molecule has 0 bridgehead atoms. The van der Waals surface area contributed by atoms with Gasteiger partial charge in [-0.3, -0.25) is 4.79 Å². The van der Waals surface area contributed by atoms with Gasteiger partial charge in [0.15, 0.2) is 0 Å². The monoisotopic (exact) mass is 375 g/mol. The predicted molar refractivity (Wildman–Crippen MR) is 100 cm³/mol. The van der Waals surface area contributed by atoms with Crippen molar-refractivity contribution < 1.29 is 14.7 Å². The van der Waals surface area contributed by atoms with Crippen molar-refractivity contribution >= 4 is 52.9 Å². The van der Waals surface area contributed by atoms with Crippen molar-refractivity contribution in [3.8, 4) is 0 Å². The number of aromatic carboxylic acids is 1. The van der Waals surface area contributed by atoms with E-state index >= 15 is 0 Å². The number of rotatable bonds is 5. The molecule has 1 fully saturated rings. The highest BCUT2D eigenvalue weighted by molar-refractivity contribution is 6.42. The lowest BCUT2D eigenvalue weighted by Gasteiger charge is -2.09. The molecule has 2 aromatic rings. The lowest BCUT2D eigenvalue weighted by atomic mass is 10.1. The predicted octanol–water partition coefficient (Wildman–Crippen LogP) is 5.21. The molecule has 0 saturated heterocycles. The molecular formula is C19H15Cl2NO3. The number of hydrogen-bond acceptors (Lipinski definition) is 2. The van der Waals surface area contributed by atoms with Crippen molar-refractivity contribution in [1.29, 1.82) is 0 Å². The van der Waals surface area contributed by atoms with Crippen molar-refractivity contribution in [2.75, 3.05) is 5.32 Å². The number of amides is 1. The third-order valence-electron chi connectivity index (χ3n) is 3.89. The largest absolute Gasteiger partial charge is 0.478 e. The summed E-state index contributed by atoms with van der Waals surface area (Å²) in [5.74, 6) is -1.20. The standard InChI is InChI=1S/C19H15Cl2NO3/c20-15-7-3-12(10-16(15)21)2-1-11-4-8-17(14(9-11)19(24)25)22-18(23)13-5-6-13/h1-4,7-10,13H,5-6H2,(H,22,23)(H,24,25). The molecule has 1 aliphatic rings. The van der Waals surface area contributed by atoms with Crippen LogP contribution >= 0.6 is 23.2 Å². The quantitative estimate of drug-likeness (QED) is 0.704. The summed E-state index contributed by atoms with van der Waals surface area (Å²) >= 11 is 11.9. The Morgan fingerprint density at radius 2 is 1.64 bits per heavy atom. The van der Waals surface area contributed by atoms with Gasteiger partial charge in [-0.25, -0.2) is 4.79 Å². The summed E-state index contributed by atoms with van der Waals surface area (Å²) in [5, 5.41) is 13.0. The summed E-state index contributed by atoms with van der Waals surface area (Å²) in [6.45, 7) is 0. The topological polar surface area (TPSA) is 66.4 Å². The van der Waals surface area contributed by atoms with E-state index < -0.39 is 5.97 Å². The van der Waals surface area contributed by atoms with Crippen LogP contribution in [0.4, 0.5) is 5.69 Å². The van der Waals surface area contributed by atoms with Crippen LogP contribution in [0.25, 0.3) is 12.2 Å². The van der Waals surface area contributed by atoms with E-state index in [1.165, 1.54) is 6.07 Å². The third-order valence-corrected chi connectivity index (χ3v) is 4.63. The summed E-state index contributed by atoms with van der Waals surface area (Å²) in [7, 11) is 0. The first-order chi connectivity index (χ1) is 11.9. The first-order valence-corrected chi connectivity index (χ1v) is 8.51. The Kier molecular flexibility index (Phi) is 5.11. The summed E-state index contributed by atoms with van der Waals surface area (Å²) in [6, 6.07) is 10.1. The average molecular weight is 376 g/mol. The highest BCUT2D eigenvalue weighted by Gasteiger charge is 2.30. The van der Waals surface area contributed by atoms with Gasteiger partial charge in [0.1, 0.15) is 0 Å². The summed E-state index contributed by atoms with van der Waals surface area (Å²) in [4.78, 5) is 23.4. The highest BCUT2D eigenvalue weighted by atomic mass is 35.5. The Balaban J connectivity index is 1.82. The first kappa shape index (κ1) is 17.5. The molecule has 1 saturated carbocycles. The number of benzene rings is 2. The average Bonchev–Trinajstić information content (AvgIpc) is 3.41. The van der Waals surface area contributed by atoms with Crippen LogP contribution in [0.1, 0.15) is 34.3 Å². The molecule has 3 rings (SSSR count). The minimum absolute atomic E-state index is 0.0101. The zero-order valence-electron chi connectivity index (χ0n) is 13.1. The summed E-state index contributed by atoms with van der Waals surface area (Å²) < 4.78 is 0. The van der Waals surface area contributed by atoms with Gasteiger partial charge >= 0.3 is 5.97 Å². The number of carboxylic acids is 1.